The molecule has 0 bridgehead atoms. The van der Waals surface area contributed by atoms with Gasteiger partial charge < -0.3 is 9.47 Å². The zero-order valence-electron chi connectivity index (χ0n) is 11.1. The molecule has 2 aromatic carbocycles. The Labute approximate surface area is 116 Å². The highest BCUT2D eigenvalue weighted by molar-refractivity contribution is 6.03. The number of carbonyl (C=O) groups is 2. The first-order chi connectivity index (χ1) is 9.71. The van der Waals surface area contributed by atoms with Gasteiger partial charge in [-0.2, -0.15) is 0 Å². The van der Waals surface area contributed by atoms with Gasteiger partial charge >= 0.3 is 5.97 Å². The van der Waals surface area contributed by atoms with E-state index in [1.807, 2.05) is 0 Å². The van der Waals surface area contributed by atoms with Crippen LogP contribution in [0.4, 0.5) is 0 Å². The molecule has 0 heterocycles. The van der Waals surface area contributed by atoms with E-state index in [0.717, 1.165) is 17.1 Å². The van der Waals surface area contributed by atoms with Gasteiger partial charge in [0.2, 0.25) is 0 Å². The average Bonchev–Trinajstić information content (AvgIpc) is 2.50. The van der Waals surface area contributed by atoms with Crippen LogP contribution in [0.3, 0.4) is 0 Å². The van der Waals surface area contributed by atoms with E-state index in [9.17, 15) is 9.59 Å². The lowest BCUT2D eigenvalue weighted by Gasteiger charge is -2.10. The Morgan fingerprint density at radius 2 is 2.10 bits per heavy atom. The number of methoxy groups -OCH3 is 1. The summed E-state index contributed by atoms with van der Waals surface area (Å²) in [5, 5.41) is 1.51. The molecule has 0 amide bonds. The van der Waals surface area contributed by atoms with Crippen LogP contribution in [0.25, 0.3) is 10.8 Å². The van der Waals surface area contributed by atoms with Crippen molar-refractivity contribution >= 4 is 23.0 Å². The average molecular weight is 270 g/mol. The minimum Gasteiger partial charge on any atom is -0.489 e. The summed E-state index contributed by atoms with van der Waals surface area (Å²) in [5.41, 5.74) is 0.900. The Morgan fingerprint density at radius 1 is 1.30 bits per heavy atom. The van der Waals surface area contributed by atoms with Crippen molar-refractivity contribution in [1.82, 2.24) is 0 Å². The first-order valence-corrected chi connectivity index (χ1v) is 6.05. The van der Waals surface area contributed by atoms with Gasteiger partial charge in [-0.05, 0) is 29.0 Å². The van der Waals surface area contributed by atoms with Crippen LogP contribution in [-0.2, 0) is 4.74 Å². The molecule has 0 aliphatic carbocycles. The number of benzene rings is 2. The molecule has 0 aliphatic rings. The highest BCUT2D eigenvalue weighted by Gasteiger charge is 2.11. The minimum atomic E-state index is -0.411. The molecule has 0 saturated carbocycles. The standard InChI is InChI=1S/C16H14O4/c1-3-8-20-15-7-5-11-9-12(16(18)19-2)4-6-13(11)14(15)10-17/h3-7,9-10H,1,8H2,2H3. The van der Waals surface area contributed by atoms with Crippen LogP contribution in [0.5, 0.6) is 5.75 Å². The second kappa shape index (κ2) is 6.02. The number of hydrogen-bond donors (Lipinski definition) is 0. The Morgan fingerprint density at radius 3 is 2.75 bits per heavy atom. The molecular formula is C16H14O4. The Kier molecular flexibility index (Phi) is 4.15. The lowest BCUT2D eigenvalue weighted by atomic mass is 10.0. The van der Waals surface area contributed by atoms with Gasteiger partial charge in [-0.25, -0.2) is 4.79 Å². The molecule has 2 aromatic rings. The Balaban J connectivity index is 2.55. The number of ether oxygens (including phenoxy) is 2. The maximum Gasteiger partial charge on any atom is 0.337 e. The quantitative estimate of drug-likeness (QED) is 0.476. The van der Waals surface area contributed by atoms with Gasteiger partial charge in [-0.15, -0.1) is 0 Å². The number of esters is 1. The van der Waals surface area contributed by atoms with Crippen molar-refractivity contribution in [3.8, 4) is 5.75 Å². The van der Waals surface area contributed by atoms with Crippen LogP contribution >= 0.6 is 0 Å². The van der Waals surface area contributed by atoms with Crippen molar-refractivity contribution in [3.05, 3.63) is 54.1 Å². The fourth-order valence-corrected chi connectivity index (χ4v) is 1.97. The van der Waals surface area contributed by atoms with E-state index in [4.69, 9.17) is 4.74 Å². The van der Waals surface area contributed by atoms with Gasteiger partial charge in [0.15, 0.2) is 6.29 Å². The Bertz CT molecular complexity index is 673. The van der Waals surface area contributed by atoms with Crippen molar-refractivity contribution < 1.29 is 19.1 Å². The smallest absolute Gasteiger partial charge is 0.337 e. The topological polar surface area (TPSA) is 52.6 Å². The van der Waals surface area contributed by atoms with E-state index in [-0.39, 0.29) is 0 Å². The first kappa shape index (κ1) is 13.8. The minimum absolute atomic E-state index is 0.326. The molecule has 0 radical (unpaired) electrons. The monoisotopic (exact) mass is 270 g/mol. The molecule has 0 aromatic heterocycles. The summed E-state index contributed by atoms with van der Waals surface area (Å²) in [7, 11) is 1.33. The van der Waals surface area contributed by atoms with Crippen LogP contribution in [0.1, 0.15) is 20.7 Å². The maximum absolute atomic E-state index is 11.5. The lowest BCUT2D eigenvalue weighted by molar-refractivity contribution is 0.0601. The predicted molar refractivity (Wildman–Crippen MR) is 76.4 cm³/mol. The lowest BCUT2D eigenvalue weighted by Crippen LogP contribution is -2.01. The van der Waals surface area contributed by atoms with Gasteiger partial charge in [-0.3, -0.25) is 4.79 Å². The molecule has 4 nitrogen and oxygen atoms in total. The molecule has 0 saturated heterocycles. The summed E-state index contributed by atoms with van der Waals surface area (Å²) >= 11 is 0. The highest BCUT2D eigenvalue weighted by Crippen LogP contribution is 2.27. The van der Waals surface area contributed by atoms with E-state index in [1.54, 1.807) is 36.4 Å². The van der Waals surface area contributed by atoms with E-state index in [0.29, 0.717) is 23.5 Å². The second-order valence-corrected chi connectivity index (χ2v) is 4.12. The van der Waals surface area contributed by atoms with Gasteiger partial charge in [0.1, 0.15) is 12.4 Å². The molecule has 4 heteroatoms. The molecular weight excluding hydrogens is 256 g/mol. The molecule has 0 spiro atoms. The zero-order valence-corrected chi connectivity index (χ0v) is 11.1. The van der Waals surface area contributed by atoms with Crippen LogP contribution in [0.15, 0.2) is 43.0 Å². The van der Waals surface area contributed by atoms with Crippen molar-refractivity contribution in [3.63, 3.8) is 0 Å². The van der Waals surface area contributed by atoms with Crippen LogP contribution in [0.2, 0.25) is 0 Å². The normalized spacial score (nSPS) is 10.1. The third kappa shape index (κ3) is 2.54. The third-order valence-corrected chi connectivity index (χ3v) is 2.92. The van der Waals surface area contributed by atoms with Gasteiger partial charge in [0, 0.05) is 0 Å². The summed E-state index contributed by atoms with van der Waals surface area (Å²) in [4.78, 5) is 22.8. The second-order valence-electron chi connectivity index (χ2n) is 4.12. The van der Waals surface area contributed by atoms with Gasteiger partial charge in [0.25, 0.3) is 0 Å². The fraction of sp³-hybridized carbons (Fsp3) is 0.125. The van der Waals surface area contributed by atoms with Crippen molar-refractivity contribution in [1.29, 1.82) is 0 Å². The molecule has 0 fully saturated rings. The van der Waals surface area contributed by atoms with Gasteiger partial charge in [0.05, 0.1) is 18.2 Å². The largest absolute Gasteiger partial charge is 0.489 e. The van der Waals surface area contributed by atoms with Crippen LogP contribution in [-0.4, -0.2) is 26.0 Å². The maximum atomic E-state index is 11.5. The summed E-state index contributed by atoms with van der Waals surface area (Å²) in [6, 6.07) is 8.53. The first-order valence-electron chi connectivity index (χ1n) is 6.05. The summed E-state index contributed by atoms with van der Waals surface area (Å²) in [5.74, 6) is 0.0877. The number of rotatable bonds is 5. The molecule has 0 unspecified atom stereocenters. The number of fused-ring (bicyclic) bond motifs is 1. The van der Waals surface area contributed by atoms with Crippen LogP contribution in [0, 0.1) is 0 Å². The SMILES string of the molecule is C=CCOc1ccc2cc(C(=O)OC)ccc2c1C=O. The number of hydrogen-bond acceptors (Lipinski definition) is 4. The summed E-state index contributed by atoms with van der Waals surface area (Å²) in [6.45, 7) is 3.90. The van der Waals surface area contributed by atoms with Crippen molar-refractivity contribution in [2.24, 2.45) is 0 Å². The molecule has 0 aliphatic heterocycles. The number of aldehydes is 1. The highest BCUT2D eigenvalue weighted by atomic mass is 16.5. The van der Waals surface area contributed by atoms with Crippen LogP contribution < -0.4 is 4.74 Å². The molecule has 0 atom stereocenters. The summed E-state index contributed by atoms with van der Waals surface area (Å²) in [6.07, 6.45) is 2.36. The van der Waals surface area contributed by atoms with Crippen molar-refractivity contribution in [2.75, 3.05) is 13.7 Å². The molecule has 20 heavy (non-hydrogen) atoms. The third-order valence-electron chi connectivity index (χ3n) is 2.92. The van der Waals surface area contributed by atoms with E-state index < -0.39 is 5.97 Å². The Hall–Kier alpha value is -2.62. The van der Waals surface area contributed by atoms with Crippen molar-refractivity contribution in [2.45, 2.75) is 0 Å². The molecule has 2 rings (SSSR count). The number of carbonyl (C=O) groups excluding carboxylic acids is 2. The zero-order chi connectivity index (χ0) is 14.5. The predicted octanol–water partition coefficient (Wildman–Crippen LogP) is 3.00. The van der Waals surface area contributed by atoms with E-state index in [2.05, 4.69) is 11.3 Å². The van der Waals surface area contributed by atoms with E-state index >= 15 is 0 Å². The fourth-order valence-electron chi connectivity index (χ4n) is 1.97. The molecule has 0 N–H and O–H groups in total. The summed E-state index contributed by atoms with van der Waals surface area (Å²) < 4.78 is 10.1. The van der Waals surface area contributed by atoms with E-state index in [1.165, 1.54) is 7.11 Å². The van der Waals surface area contributed by atoms with Gasteiger partial charge in [-0.1, -0.05) is 24.8 Å². The molecule has 102 valence electrons.